The summed E-state index contributed by atoms with van der Waals surface area (Å²) in [5.74, 6) is -1.49. The molecule has 5 nitrogen and oxygen atoms in total. The monoisotopic (exact) mass is 270 g/mol. The summed E-state index contributed by atoms with van der Waals surface area (Å²) in [5.41, 5.74) is 2.97. The Kier molecular flexibility index (Phi) is 3.79. The number of azo groups is 1. The van der Waals surface area contributed by atoms with Crippen molar-refractivity contribution in [2.75, 3.05) is 0 Å². The Morgan fingerprint density at radius 1 is 1.05 bits per heavy atom. The third-order valence-electron chi connectivity index (χ3n) is 2.85. The number of hydrogen-bond acceptors (Lipinski definition) is 4. The van der Waals surface area contributed by atoms with E-state index in [0.717, 1.165) is 16.8 Å². The van der Waals surface area contributed by atoms with Gasteiger partial charge in [0.1, 0.15) is 11.3 Å². The van der Waals surface area contributed by atoms with Gasteiger partial charge >= 0.3 is 5.97 Å². The molecule has 2 aromatic rings. The first-order valence-corrected chi connectivity index (χ1v) is 6.02. The molecule has 0 aliphatic carbocycles. The molecule has 0 amide bonds. The molecule has 0 unspecified atom stereocenters. The average molecular weight is 270 g/mol. The maximum Gasteiger partial charge on any atom is 0.339 e. The molecule has 0 atom stereocenters. The summed E-state index contributed by atoms with van der Waals surface area (Å²) < 4.78 is 0. The van der Waals surface area contributed by atoms with Crippen LogP contribution < -0.4 is 0 Å². The van der Waals surface area contributed by atoms with Gasteiger partial charge in [0, 0.05) is 0 Å². The van der Waals surface area contributed by atoms with E-state index in [0.29, 0.717) is 5.69 Å². The summed E-state index contributed by atoms with van der Waals surface area (Å²) in [6.07, 6.45) is 0. The zero-order valence-corrected chi connectivity index (χ0v) is 11.2. The van der Waals surface area contributed by atoms with Gasteiger partial charge in [-0.05, 0) is 49.2 Å². The van der Waals surface area contributed by atoms with E-state index in [1.807, 2.05) is 32.0 Å². The van der Waals surface area contributed by atoms with Gasteiger partial charge in [0.15, 0.2) is 0 Å². The van der Waals surface area contributed by atoms with Gasteiger partial charge in [0.2, 0.25) is 0 Å². The number of rotatable bonds is 3. The first kappa shape index (κ1) is 13.7. The van der Waals surface area contributed by atoms with Crippen molar-refractivity contribution in [3.05, 3.63) is 53.1 Å². The molecule has 0 bridgehead atoms. The fourth-order valence-corrected chi connectivity index (χ4v) is 1.70. The first-order valence-electron chi connectivity index (χ1n) is 6.02. The van der Waals surface area contributed by atoms with Crippen LogP contribution in [0.1, 0.15) is 21.5 Å². The number of aromatic carboxylic acids is 1. The lowest BCUT2D eigenvalue weighted by Crippen LogP contribution is -1.95. The Hall–Kier alpha value is -2.69. The van der Waals surface area contributed by atoms with Crippen molar-refractivity contribution in [1.29, 1.82) is 0 Å². The van der Waals surface area contributed by atoms with Crippen LogP contribution in [-0.2, 0) is 0 Å². The van der Waals surface area contributed by atoms with Crippen molar-refractivity contribution in [3.63, 3.8) is 0 Å². The van der Waals surface area contributed by atoms with E-state index in [1.54, 1.807) is 0 Å². The van der Waals surface area contributed by atoms with E-state index < -0.39 is 5.97 Å². The van der Waals surface area contributed by atoms with Crippen LogP contribution in [0, 0.1) is 13.8 Å². The predicted molar refractivity (Wildman–Crippen MR) is 75.2 cm³/mol. The maximum absolute atomic E-state index is 10.9. The second kappa shape index (κ2) is 5.52. The van der Waals surface area contributed by atoms with Crippen molar-refractivity contribution < 1.29 is 15.0 Å². The summed E-state index contributed by atoms with van der Waals surface area (Å²) in [6.45, 7) is 3.88. The summed E-state index contributed by atoms with van der Waals surface area (Å²) >= 11 is 0. The molecule has 2 N–H and O–H groups in total. The van der Waals surface area contributed by atoms with E-state index in [2.05, 4.69) is 10.2 Å². The van der Waals surface area contributed by atoms with Gasteiger partial charge in [-0.15, -0.1) is 0 Å². The smallest absolute Gasteiger partial charge is 0.339 e. The van der Waals surface area contributed by atoms with E-state index in [-0.39, 0.29) is 11.3 Å². The van der Waals surface area contributed by atoms with Crippen LogP contribution in [0.3, 0.4) is 0 Å². The number of carbonyl (C=O) groups is 1. The van der Waals surface area contributed by atoms with E-state index in [9.17, 15) is 9.90 Å². The van der Waals surface area contributed by atoms with Gasteiger partial charge in [-0.1, -0.05) is 12.1 Å². The number of carboxylic acid groups (broad SMARTS) is 1. The number of aromatic hydroxyl groups is 1. The number of nitrogens with zero attached hydrogens (tertiary/aromatic N) is 2. The minimum absolute atomic E-state index is 0.192. The zero-order chi connectivity index (χ0) is 14.7. The predicted octanol–water partition coefficient (Wildman–Crippen LogP) is 4.12. The second-order valence-electron chi connectivity index (χ2n) is 4.50. The van der Waals surface area contributed by atoms with Crippen LogP contribution in [0.15, 0.2) is 46.6 Å². The molecule has 0 saturated carbocycles. The van der Waals surface area contributed by atoms with E-state index in [4.69, 9.17) is 5.11 Å². The molecule has 0 heterocycles. The first-order chi connectivity index (χ1) is 9.47. The van der Waals surface area contributed by atoms with Crippen molar-refractivity contribution in [2.24, 2.45) is 10.2 Å². The number of benzene rings is 2. The molecular formula is C15H14N2O3. The lowest BCUT2D eigenvalue weighted by molar-refractivity contribution is 0.0694. The quantitative estimate of drug-likeness (QED) is 0.823. The summed E-state index contributed by atoms with van der Waals surface area (Å²) in [5, 5.41) is 26.5. The molecule has 5 heteroatoms. The van der Waals surface area contributed by atoms with Crippen LogP contribution >= 0.6 is 0 Å². The van der Waals surface area contributed by atoms with E-state index >= 15 is 0 Å². The Bertz CT molecular complexity index is 694. The normalized spacial score (nSPS) is 10.9. The van der Waals surface area contributed by atoms with E-state index in [1.165, 1.54) is 18.2 Å². The third kappa shape index (κ3) is 3.00. The molecule has 0 saturated heterocycles. The highest BCUT2D eigenvalue weighted by Crippen LogP contribution is 2.26. The maximum atomic E-state index is 10.9. The van der Waals surface area contributed by atoms with Gasteiger partial charge in [-0.3, -0.25) is 0 Å². The van der Waals surface area contributed by atoms with Crippen LogP contribution in [0.4, 0.5) is 11.4 Å². The minimum Gasteiger partial charge on any atom is -0.507 e. The standard InChI is InChI=1S/C15H14N2O3/c1-9-3-4-10(2)13(7-9)17-16-11-5-6-14(18)12(8-11)15(19)20/h3-8,18H,1-2H3,(H,19,20). The van der Waals surface area contributed by atoms with Gasteiger partial charge in [-0.25, -0.2) is 4.79 Å². The Morgan fingerprint density at radius 3 is 2.50 bits per heavy atom. The highest BCUT2D eigenvalue weighted by Gasteiger charge is 2.09. The van der Waals surface area contributed by atoms with Crippen LogP contribution in [0.5, 0.6) is 5.75 Å². The molecule has 102 valence electrons. The topological polar surface area (TPSA) is 82.2 Å². The van der Waals surface area contributed by atoms with Crippen LogP contribution in [-0.4, -0.2) is 16.2 Å². The van der Waals surface area contributed by atoms with Crippen molar-refractivity contribution in [2.45, 2.75) is 13.8 Å². The van der Waals surface area contributed by atoms with Crippen LogP contribution in [0.2, 0.25) is 0 Å². The lowest BCUT2D eigenvalue weighted by atomic mass is 10.1. The highest BCUT2D eigenvalue weighted by atomic mass is 16.4. The SMILES string of the molecule is Cc1ccc(C)c(N=Nc2ccc(O)c(C(=O)O)c2)c1. The molecule has 20 heavy (non-hydrogen) atoms. The molecule has 2 aromatic carbocycles. The molecular weight excluding hydrogens is 256 g/mol. The van der Waals surface area contributed by atoms with Crippen LogP contribution in [0.25, 0.3) is 0 Å². The van der Waals surface area contributed by atoms with Crippen molar-refractivity contribution in [1.82, 2.24) is 0 Å². The summed E-state index contributed by atoms with van der Waals surface area (Å²) in [6, 6.07) is 9.92. The molecule has 0 aliphatic rings. The van der Waals surface area contributed by atoms with Gasteiger partial charge in [-0.2, -0.15) is 10.2 Å². The molecule has 0 fully saturated rings. The minimum atomic E-state index is -1.20. The molecule has 0 aromatic heterocycles. The number of carboxylic acids is 1. The molecule has 0 aliphatic heterocycles. The second-order valence-corrected chi connectivity index (χ2v) is 4.50. The fourth-order valence-electron chi connectivity index (χ4n) is 1.70. The van der Waals surface area contributed by atoms with Crippen molar-refractivity contribution >= 4 is 17.3 Å². The molecule has 2 rings (SSSR count). The van der Waals surface area contributed by atoms with Gasteiger partial charge in [0.05, 0.1) is 11.4 Å². The number of phenols is 1. The summed E-state index contributed by atoms with van der Waals surface area (Å²) in [4.78, 5) is 10.9. The number of aryl methyl sites for hydroxylation is 2. The van der Waals surface area contributed by atoms with Gasteiger partial charge < -0.3 is 10.2 Å². The molecule has 0 radical (unpaired) electrons. The van der Waals surface area contributed by atoms with Crippen molar-refractivity contribution in [3.8, 4) is 5.75 Å². The largest absolute Gasteiger partial charge is 0.507 e. The molecule has 0 spiro atoms. The third-order valence-corrected chi connectivity index (χ3v) is 2.85. The Balaban J connectivity index is 2.34. The zero-order valence-electron chi connectivity index (χ0n) is 11.2. The number of hydrogen-bond donors (Lipinski definition) is 2. The fraction of sp³-hybridized carbons (Fsp3) is 0.133. The highest BCUT2D eigenvalue weighted by molar-refractivity contribution is 5.91. The lowest BCUT2D eigenvalue weighted by Gasteiger charge is -2.02. The van der Waals surface area contributed by atoms with Gasteiger partial charge in [0.25, 0.3) is 0 Å². The summed E-state index contributed by atoms with van der Waals surface area (Å²) in [7, 11) is 0. The average Bonchev–Trinajstić information content (AvgIpc) is 2.41. The Morgan fingerprint density at radius 2 is 1.80 bits per heavy atom. The Labute approximate surface area is 116 Å².